The zero-order valence-corrected chi connectivity index (χ0v) is 18.3. The number of anilines is 2. The van der Waals surface area contributed by atoms with Crippen molar-refractivity contribution in [3.8, 4) is 17.2 Å². The van der Waals surface area contributed by atoms with E-state index in [9.17, 15) is 9.59 Å². The van der Waals surface area contributed by atoms with Gasteiger partial charge in [-0.1, -0.05) is 24.3 Å². The lowest BCUT2D eigenvalue weighted by Crippen LogP contribution is -2.31. The standard InChI is InChI=1S/C25H26N2O5/c1-4-31-19-15-13-18(14-16-19)26-25(29)20-9-5-6-10-21(20)27-24(28)17(2)32-23-12-8-7-11-22(23)30-3/h5-17H,4H2,1-3H3,(H,26,29)(H,27,28). The zero-order chi connectivity index (χ0) is 22.9. The first kappa shape index (κ1) is 22.7. The van der Waals surface area contributed by atoms with Gasteiger partial charge >= 0.3 is 0 Å². The highest BCUT2D eigenvalue weighted by Gasteiger charge is 2.19. The average Bonchev–Trinajstić information content (AvgIpc) is 2.81. The summed E-state index contributed by atoms with van der Waals surface area (Å²) in [5.74, 6) is 0.976. The predicted molar refractivity (Wildman–Crippen MR) is 124 cm³/mol. The van der Waals surface area contributed by atoms with Crippen LogP contribution in [-0.4, -0.2) is 31.6 Å². The van der Waals surface area contributed by atoms with E-state index in [4.69, 9.17) is 14.2 Å². The largest absolute Gasteiger partial charge is 0.494 e. The van der Waals surface area contributed by atoms with Gasteiger partial charge in [-0.3, -0.25) is 9.59 Å². The molecule has 7 nitrogen and oxygen atoms in total. The summed E-state index contributed by atoms with van der Waals surface area (Å²) >= 11 is 0. The van der Waals surface area contributed by atoms with Crippen LogP contribution in [0.3, 0.4) is 0 Å². The molecular formula is C25H26N2O5. The van der Waals surface area contributed by atoms with Crippen LogP contribution in [0.2, 0.25) is 0 Å². The summed E-state index contributed by atoms with van der Waals surface area (Å²) in [5, 5.41) is 5.61. The minimum atomic E-state index is -0.812. The summed E-state index contributed by atoms with van der Waals surface area (Å²) in [6, 6.07) is 21.0. The summed E-state index contributed by atoms with van der Waals surface area (Å²) in [6.45, 7) is 4.10. The average molecular weight is 434 g/mol. The van der Waals surface area contributed by atoms with Gasteiger partial charge in [0.15, 0.2) is 17.6 Å². The molecule has 0 heterocycles. The normalized spacial score (nSPS) is 11.2. The van der Waals surface area contributed by atoms with Crippen LogP contribution in [0.1, 0.15) is 24.2 Å². The Hall–Kier alpha value is -4.00. The van der Waals surface area contributed by atoms with Gasteiger partial charge in [0.1, 0.15) is 5.75 Å². The van der Waals surface area contributed by atoms with Crippen molar-refractivity contribution in [2.24, 2.45) is 0 Å². The molecule has 7 heteroatoms. The molecule has 3 aromatic rings. The molecule has 1 unspecified atom stereocenters. The summed E-state index contributed by atoms with van der Waals surface area (Å²) < 4.78 is 16.4. The zero-order valence-electron chi connectivity index (χ0n) is 18.3. The van der Waals surface area contributed by atoms with Gasteiger partial charge in [0.25, 0.3) is 11.8 Å². The minimum Gasteiger partial charge on any atom is -0.494 e. The molecule has 166 valence electrons. The molecule has 2 N–H and O–H groups in total. The summed E-state index contributed by atoms with van der Waals surface area (Å²) in [4.78, 5) is 25.6. The van der Waals surface area contributed by atoms with Crippen LogP contribution in [-0.2, 0) is 4.79 Å². The Balaban J connectivity index is 1.68. The van der Waals surface area contributed by atoms with Crippen molar-refractivity contribution in [1.29, 1.82) is 0 Å². The predicted octanol–water partition coefficient (Wildman–Crippen LogP) is 4.75. The fraction of sp³-hybridized carbons (Fsp3) is 0.200. The molecule has 32 heavy (non-hydrogen) atoms. The molecule has 2 amide bonds. The van der Waals surface area contributed by atoms with Gasteiger partial charge in [0, 0.05) is 5.69 Å². The molecule has 0 aliphatic rings. The van der Waals surface area contributed by atoms with Gasteiger partial charge in [-0.15, -0.1) is 0 Å². The summed E-state index contributed by atoms with van der Waals surface area (Å²) in [5.41, 5.74) is 1.34. The smallest absolute Gasteiger partial charge is 0.265 e. The molecule has 0 spiro atoms. The van der Waals surface area contributed by atoms with E-state index in [1.165, 1.54) is 7.11 Å². The van der Waals surface area contributed by atoms with E-state index in [2.05, 4.69) is 10.6 Å². The quantitative estimate of drug-likeness (QED) is 0.508. The van der Waals surface area contributed by atoms with Gasteiger partial charge in [0.2, 0.25) is 0 Å². The van der Waals surface area contributed by atoms with E-state index < -0.39 is 12.0 Å². The number of carbonyl (C=O) groups excluding carboxylic acids is 2. The van der Waals surface area contributed by atoms with Crippen molar-refractivity contribution in [2.45, 2.75) is 20.0 Å². The highest BCUT2D eigenvalue weighted by atomic mass is 16.5. The number of para-hydroxylation sites is 3. The first-order valence-corrected chi connectivity index (χ1v) is 10.3. The third-order valence-electron chi connectivity index (χ3n) is 4.59. The van der Waals surface area contributed by atoms with Crippen molar-refractivity contribution in [2.75, 3.05) is 24.4 Å². The van der Waals surface area contributed by atoms with E-state index in [1.54, 1.807) is 73.7 Å². The number of nitrogens with one attached hydrogen (secondary N) is 2. The summed E-state index contributed by atoms with van der Waals surface area (Å²) in [6.07, 6.45) is -0.812. The van der Waals surface area contributed by atoms with Crippen LogP contribution in [0.5, 0.6) is 17.2 Å². The van der Waals surface area contributed by atoms with Crippen molar-refractivity contribution in [3.05, 3.63) is 78.4 Å². The molecule has 0 saturated heterocycles. The van der Waals surface area contributed by atoms with Crippen LogP contribution in [0, 0.1) is 0 Å². The van der Waals surface area contributed by atoms with E-state index in [-0.39, 0.29) is 5.91 Å². The maximum absolute atomic E-state index is 12.8. The second-order valence-corrected chi connectivity index (χ2v) is 6.86. The van der Waals surface area contributed by atoms with Gasteiger partial charge < -0.3 is 24.8 Å². The van der Waals surface area contributed by atoms with E-state index in [0.29, 0.717) is 35.0 Å². The number of rotatable bonds is 9. The van der Waals surface area contributed by atoms with Crippen molar-refractivity contribution < 1.29 is 23.8 Å². The number of methoxy groups -OCH3 is 1. The lowest BCUT2D eigenvalue weighted by molar-refractivity contribution is -0.122. The molecule has 0 aromatic heterocycles. The highest BCUT2D eigenvalue weighted by molar-refractivity contribution is 6.10. The van der Waals surface area contributed by atoms with Crippen molar-refractivity contribution in [3.63, 3.8) is 0 Å². The molecule has 0 fully saturated rings. The fourth-order valence-corrected chi connectivity index (χ4v) is 2.98. The lowest BCUT2D eigenvalue weighted by atomic mass is 10.1. The Morgan fingerprint density at radius 2 is 1.53 bits per heavy atom. The number of amides is 2. The Labute approximate surface area is 187 Å². The minimum absolute atomic E-state index is 0.333. The molecule has 3 rings (SSSR count). The molecular weight excluding hydrogens is 408 g/mol. The van der Waals surface area contributed by atoms with Crippen LogP contribution in [0.15, 0.2) is 72.8 Å². The highest BCUT2D eigenvalue weighted by Crippen LogP contribution is 2.27. The molecule has 0 radical (unpaired) electrons. The fourth-order valence-electron chi connectivity index (χ4n) is 2.98. The van der Waals surface area contributed by atoms with Crippen LogP contribution in [0.25, 0.3) is 0 Å². The molecule has 0 aliphatic carbocycles. The van der Waals surface area contributed by atoms with E-state index in [0.717, 1.165) is 5.75 Å². The first-order valence-electron chi connectivity index (χ1n) is 10.3. The van der Waals surface area contributed by atoms with Gasteiger partial charge in [-0.25, -0.2) is 0 Å². The lowest BCUT2D eigenvalue weighted by Gasteiger charge is -2.18. The second-order valence-electron chi connectivity index (χ2n) is 6.86. The third kappa shape index (κ3) is 5.78. The maximum Gasteiger partial charge on any atom is 0.265 e. The topological polar surface area (TPSA) is 85.9 Å². The maximum atomic E-state index is 12.8. The number of carbonyl (C=O) groups is 2. The van der Waals surface area contributed by atoms with Gasteiger partial charge in [-0.05, 0) is 62.4 Å². The number of hydrogen-bond donors (Lipinski definition) is 2. The summed E-state index contributed by atoms with van der Waals surface area (Å²) in [7, 11) is 1.53. The van der Waals surface area contributed by atoms with E-state index >= 15 is 0 Å². The van der Waals surface area contributed by atoms with E-state index in [1.807, 2.05) is 13.0 Å². The second kappa shape index (κ2) is 10.9. The number of hydrogen-bond acceptors (Lipinski definition) is 5. The van der Waals surface area contributed by atoms with Crippen LogP contribution < -0.4 is 24.8 Å². The third-order valence-corrected chi connectivity index (χ3v) is 4.59. The SMILES string of the molecule is CCOc1ccc(NC(=O)c2ccccc2NC(=O)C(C)Oc2ccccc2OC)cc1. The molecule has 0 aliphatic heterocycles. The van der Waals surface area contributed by atoms with Gasteiger partial charge in [0.05, 0.1) is 25.0 Å². The monoisotopic (exact) mass is 434 g/mol. The van der Waals surface area contributed by atoms with Gasteiger partial charge in [-0.2, -0.15) is 0 Å². The molecule has 0 saturated carbocycles. The Morgan fingerprint density at radius 1 is 0.875 bits per heavy atom. The van der Waals surface area contributed by atoms with Crippen molar-refractivity contribution in [1.82, 2.24) is 0 Å². The van der Waals surface area contributed by atoms with Crippen LogP contribution in [0.4, 0.5) is 11.4 Å². The molecule has 0 bridgehead atoms. The van der Waals surface area contributed by atoms with Crippen molar-refractivity contribution >= 4 is 23.2 Å². The first-order chi connectivity index (χ1) is 15.5. The molecule has 1 atom stereocenters. The Bertz CT molecular complexity index is 1070. The Kier molecular flexibility index (Phi) is 7.70. The number of benzene rings is 3. The van der Waals surface area contributed by atoms with Crippen LogP contribution >= 0.6 is 0 Å². The Morgan fingerprint density at radius 3 is 2.22 bits per heavy atom. The number of ether oxygens (including phenoxy) is 3. The molecule has 3 aromatic carbocycles.